The largest absolute Gasteiger partial charge is 0.490 e. The highest BCUT2D eigenvalue weighted by Crippen LogP contribution is 2.27. The molecule has 0 aliphatic heterocycles. The predicted molar refractivity (Wildman–Crippen MR) is 159 cm³/mol. The number of halogens is 4. The Hall–Kier alpha value is -4.80. The fraction of sp³-hybridized carbons (Fsp3) is 0.296. The minimum absolute atomic E-state index is 0.134. The first-order valence-corrected chi connectivity index (χ1v) is 13.7. The van der Waals surface area contributed by atoms with E-state index in [1.54, 1.807) is 0 Å². The second kappa shape index (κ2) is 15.6. The molecule has 3 rings (SSSR count). The molecule has 0 aliphatic rings. The first-order chi connectivity index (χ1) is 20.5. The van der Waals surface area contributed by atoms with Gasteiger partial charge >= 0.3 is 18.2 Å². The number of carbonyl (C=O) groups is 4. The van der Waals surface area contributed by atoms with Gasteiger partial charge in [-0.3, -0.25) is 15.0 Å². The maximum atomic E-state index is 13.9. The number of hydrogen-bond acceptors (Lipinski definition) is 5. The third-order valence-corrected chi connectivity index (χ3v) is 6.75. The fourth-order valence-corrected chi connectivity index (χ4v) is 4.46. The molecule has 0 saturated carbocycles. The van der Waals surface area contributed by atoms with Crippen LogP contribution in [0, 0.1) is 12.3 Å². The summed E-state index contributed by atoms with van der Waals surface area (Å²) >= 11 is 3.47. The van der Waals surface area contributed by atoms with Crippen molar-refractivity contribution in [3.05, 3.63) is 69.3 Å². The number of nitrogens with one attached hydrogen (secondary N) is 4. The number of aromatic amines is 1. The van der Waals surface area contributed by atoms with Crippen molar-refractivity contribution in [3.63, 3.8) is 0 Å². The minimum Gasteiger partial charge on any atom is -0.475 e. The van der Waals surface area contributed by atoms with E-state index < -0.39 is 30.1 Å². The van der Waals surface area contributed by atoms with E-state index in [0.717, 1.165) is 32.1 Å². The molecule has 13 nitrogen and oxygen atoms in total. The number of alkyl halides is 3. The first kappa shape index (κ1) is 35.4. The Morgan fingerprint density at radius 3 is 2.16 bits per heavy atom. The van der Waals surface area contributed by atoms with E-state index >= 15 is 0 Å². The highest BCUT2D eigenvalue weighted by Gasteiger charge is 2.38. The van der Waals surface area contributed by atoms with Crippen LogP contribution in [0.15, 0.2) is 46.9 Å². The number of aromatic nitrogens is 1. The number of aryl methyl sites for hydroxylation is 1. The second-order valence-electron chi connectivity index (χ2n) is 9.49. The van der Waals surface area contributed by atoms with Gasteiger partial charge in [-0.2, -0.15) is 13.2 Å². The number of nitrogens with two attached hydrogens (primary N) is 3. The van der Waals surface area contributed by atoms with Gasteiger partial charge < -0.3 is 42.8 Å². The van der Waals surface area contributed by atoms with E-state index in [2.05, 4.69) is 31.5 Å². The molecule has 1 atom stereocenters. The lowest BCUT2D eigenvalue weighted by molar-refractivity contribution is -0.192. The number of carbonyl (C=O) groups excluding carboxylic acids is 3. The number of primary amides is 2. The summed E-state index contributed by atoms with van der Waals surface area (Å²) in [6.45, 7) is 2.62. The average Bonchev–Trinajstić information content (AvgIpc) is 3.26. The zero-order valence-corrected chi connectivity index (χ0v) is 25.0. The monoisotopic (exact) mass is 684 g/mol. The van der Waals surface area contributed by atoms with E-state index in [1.807, 2.05) is 49.4 Å². The first-order valence-electron chi connectivity index (χ1n) is 12.9. The van der Waals surface area contributed by atoms with Gasteiger partial charge in [0.05, 0.1) is 0 Å². The van der Waals surface area contributed by atoms with Crippen LogP contribution in [0.3, 0.4) is 0 Å². The number of carboxylic acids is 1. The summed E-state index contributed by atoms with van der Waals surface area (Å²) in [6.07, 6.45) is -4.33. The number of carboxylic acid groups (broad SMARTS) is 1. The van der Waals surface area contributed by atoms with Crippen LogP contribution in [-0.4, -0.2) is 63.5 Å². The third-order valence-electron chi connectivity index (χ3n) is 6.25. The van der Waals surface area contributed by atoms with Crippen molar-refractivity contribution in [2.75, 3.05) is 6.54 Å². The lowest BCUT2D eigenvalue weighted by Crippen LogP contribution is -2.48. The molecular formula is C27H32BrF3N8O5. The number of aliphatic carboxylic acids is 1. The number of amides is 4. The van der Waals surface area contributed by atoms with E-state index in [1.165, 1.54) is 4.90 Å². The highest BCUT2D eigenvalue weighted by molar-refractivity contribution is 9.10. The topological polar surface area (TPSA) is 234 Å². The van der Waals surface area contributed by atoms with Crippen LogP contribution in [0.25, 0.3) is 10.9 Å². The number of urea groups is 1. The third kappa shape index (κ3) is 10.5. The average molecular weight is 686 g/mol. The van der Waals surface area contributed by atoms with Crippen molar-refractivity contribution in [1.29, 1.82) is 5.41 Å². The minimum atomic E-state index is -5.08. The maximum Gasteiger partial charge on any atom is 0.490 e. The lowest BCUT2D eigenvalue weighted by atomic mass is 10.0. The molecule has 1 aromatic heterocycles. The van der Waals surface area contributed by atoms with Gasteiger partial charge in [0.2, 0.25) is 5.91 Å². The summed E-state index contributed by atoms with van der Waals surface area (Å²) in [6, 6.07) is 11.5. The number of rotatable bonds is 11. The summed E-state index contributed by atoms with van der Waals surface area (Å²) < 4.78 is 32.6. The zero-order valence-electron chi connectivity index (χ0n) is 23.4. The Morgan fingerprint density at radius 1 is 1.05 bits per heavy atom. The predicted octanol–water partition coefficient (Wildman–Crippen LogP) is 2.80. The molecule has 0 aliphatic carbocycles. The van der Waals surface area contributed by atoms with Gasteiger partial charge in [0.1, 0.15) is 11.7 Å². The zero-order chi connectivity index (χ0) is 33.2. The summed E-state index contributed by atoms with van der Waals surface area (Å²) in [5.74, 6) is -3.91. The Balaban J connectivity index is 0.000000860. The number of nitrogens with zero attached hydrogens (tertiary/aromatic N) is 1. The Morgan fingerprint density at radius 2 is 1.64 bits per heavy atom. The van der Waals surface area contributed by atoms with E-state index in [-0.39, 0.29) is 31.4 Å². The number of H-pyrrole nitrogens is 1. The molecule has 1 heterocycles. The lowest BCUT2D eigenvalue weighted by Gasteiger charge is -2.30. The van der Waals surface area contributed by atoms with E-state index in [4.69, 9.17) is 32.5 Å². The molecule has 3 aromatic rings. The fourth-order valence-electron chi connectivity index (χ4n) is 4.10. The molecule has 0 fully saturated rings. The smallest absolute Gasteiger partial charge is 0.475 e. The highest BCUT2D eigenvalue weighted by atomic mass is 79.9. The molecular weight excluding hydrogens is 653 g/mol. The Labute approximate surface area is 257 Å². The van der Waals surface area contributed by atoms with Gasteiger partial charge in [0, 0.05) is 35.0 Å². The van der Waals surface area contributed by atoms with Crippen LogP contribution in [0.1, 0.15) is 40.0 Å². The van der Waals surface area contributed by atoms with E-state index in [0.29, 0.717) is 18.7 Å². The van der Waals surface area contributed by atoms with Gasteiger partial charge in [-0.1, -0.05) is 40.2 Å². The van der Waals surface area contributed by atoms with E-state index in [9.17, 15) is 27.6 Å². The quantitative estimate of drug-likeness (QED) is 0.0853. The number of fused-ring (bicyclic) bond motifs is 1. The summed E-state index contributed by atoms with van der Waals surface area (Å²) in [5, 5.41) is 20.6. The summed E-state index contributed by atoms with van der Waals surface area (Å²) in [5.41, 5.74) is 19.8. The molecule has 11 N–H and O–H groups in total. The van der Waals surface area contributed by atoms with Crippen molar-refractivity contribution in [3.8, 4) is 0 Å². The summed E-state index contributed by atoms with van der Waals surface area (Å²) in [7, 11) is 0. The van der Waals surface area contributed by atoms with Crippen LogP contribution in [0.4, 0.5) is 18.0 Å². The van der Waals surface area contributed by atoms with Gasteiger partial charge in [-0.15, -0.1) is 0 Å². The Kier molecular flexibility index (Phi) is 12.6. The standard InChI is InChI=1S/C25H31BrN8O3.C2HF3O2/c1-14-18-11-17(26)8-9-19(18)33-21(14)23(36)34(20(22(27)35)3-2-10-31-24(28)29)13-16-6-4-15(5-7-16)12-32-25(30)37;3-2(4,5)1(6)7/h4-9,11,20,33H,2-3,10,12-13H2,1H3,(H2,27,35)(H4,28,29,31)(H3,30,32,37);(H,6,7)/t20-;/m1./s1. The molecule has 0 radical (unpaired) electrons. The number of guanidine groups is 1. The molecule has 0 unspecified atom stereocenters. The molecule has 17 heteroatoms. The molecule has 44 heavy (non-hydrogen) atoms. The molecule has 4 amide bonds. The van der Waals surface area contributed by atoms with Crippen molar-refractivity contribution in [2.45, 2.75) is 45.1 Å². The van der Waals surface area contributed by atoms with Crippen LogP contribution in [0.5, 0.6) is 0 Å². The van der Waals surface area contributed by atoms with Gasteiger partial charge in [-0.25, -0.2) is 9.59 Å². The van der Waals surface area contributed by atoms with Crippen molar-refractivity contribution >= 4 is 56.6 Å². The normalized spacial score (nSPS) is 11.6. The van der Waals surface area contributed by atoms with Gasteiger partial charge in [0.25, 0.3) is 5.91 Å². The summed E-state index contributed by atoms with van der Waals surface area (Å²) in [4.78, 5) is 51.0. The van der Waals surface area contributed by atoms with Gasteiger partial charge in [0.15, 0.2) is 5.96 Å². The molecule has 0 saturated heterocycles. The van der Waals surface area contributed by atoms with Crippen LogP contribution >= 0.6 is 15.9 Å². The molecule has 238 valence electrons. The maximum absolute atomic E-state index is 13.9. The van der Waals surface area contributed by atoms with Crippen molar-refractivity contribution < 1.29 is 37.5 Å². The van der Waals surface area contributed by atoms with Crippen LogP contribution in [-0.2, 0) is 22.7 Å². The molecule has 0 bridgehead atoms. The second-order valence-corrected chi connectivity index (χ2v) is 10.4. The Bertz CT molecular complexity index is 1510. The van der Waals surface area contributed by atoms with Crippen LogP contribution < -0.4 is 27.8 Å². The van der Waals surface area contributed by atoms with Crippen LogP contribution in [0.2, 0.25) is 0 Å². The molecule has 0 spiro atoms. The number of hydrogen-bond donors (Lipinski definition) is 8. The SMILES string of the molecule is Cc1c(C(=O)N(Cc2ccc(CNC(N)=O)cc2)[C@H](CCCNC(=N)N)C(N)=O)[nH]c2ccc(Br)cc12.O=C(O)C(F)(F)F. The van der Waals surface area contributed by atoms with Crippen molar-refractivity contribution in [2.24, 2.45) is 17.2 Å². The molecule has 2 aromatic carbocycles. The van der Waals surface area contributed by atoms with Gasteiger partial charge in [-0.05, 0) is 54.7 Å². The van der Waals surface area contributed by atoms with Crippen molar-refractivity contribution in [1.82, 2.24) is 20.5 Å². The number of benzene rings is 2.